The summed E-state index contributed by atoms with van der Waals surface area (Å²) in [7, 11) is 0. The Morgan fingerprint density at radius 3 is 2.60 bits per heavy atom. The van der Waals surface area contributed by atoms with Gasteiger partial charge in [0.05, 0.1) is 12.3 Å². The molecule has 0 saturated carbocycles. The molecule has 0 amide bonds. The maximum Gasteiger partial charge on any atom is 0.228 e. The van der Waals surface area contributed by atoms with Gasteiger partial charge >= 0.3 is 0 Å². The number of nitrogens with zero attached hydrogens (tertiary/aromatic N) is 2. The highest BCUT2D eigenvalue weighted by atomic mass is 16.5. The molecule has 0 unspecified atom stereocenters. The van der Waals surface area contributed by atoms with Crippen molar-refractivity contribution in [2.45, 2.75) is 32.8 Å². The Balaban J connectivity index is 2.19. The van der Waals surface area contributed by atoms with Gasteiger partial charge in [0.2, 0.25) is 5.69 Å². The Morgan fingerprint density at radius 2 is 2.00 bits per heavy atom. The summed E-state index contributed by atoms with van der Waals surface area (Å²) >= 11 is 0. The van der Waals surface area contributed by atoms with E-state index in [0.717, 1.165) is 11.3 Å². The Hall–Kier alpha value is -2.34. The third-order valence-electron chi connectivity index (χ3n) is 3.05. The Kier molecular flexibility index (Phi) is 4.05. The molecule has 0 fully saturated rings. The third-order valence-corrected chi connectivity index (χ3v) is 3.05. The molecule has 0 aliphatic carbocycles. The van der Waals surface area contributed by atoms with Crippen LogP contribution in [0.3, 0.4) is 0 Å². The van der Waals surface area contributed by atoms with Crippen LogP contribution in [0.1, 0.15) is 32.0 Å². The number of benzene rings is 1. The fraction of sp³-hybridized carbons (Fsp3) is 0.294. The Bertz CT molecular complexity index is 622. The van der Waals surface area contributed by atoms with Crippen LogP contribution in [0.2, 0.25) is 0 Å². The first-order valence-electron chi connectivity index (χ1n) is 6.55. The lowest BCUT2D eigenvalue weighted by atomic mass is 9.87. The summed E-state index contributed by atoms with van der Waals surface area (Å²) in [4.78, 5) is 7.77. The average Bonchev–Trinajstić information content (AvgIpc) is 2.45. The topological polar surface area (TPSA) is 26.5 Å². The van der Waals surface area contributed by atoms with E-state index in [0.29, 0.717) is 18.0 Å². The molecular formula is C17H18N2O. The van der Waals surface area contributed by atoms with E-state index in [9.17, 15) is 0 Å². The molecule has 2 aromatic rings. The molecule has 2 rings (SSSR count). The van der Waals surface area contributed by atoms with Crippen molar-refractivity contribution in [2.24, 2.45) is 0 Å². The summed E-state index contributed by atoms with van der Waals surface area (Å²) in [6.45, 7) is 14.1. The van der Waals surface area contributed by atoms with Gasteiger partial charge in [-0.1, -0.05) is 38.5 Å². The van der Waals surface area contributed by atoms with E-state index in [4.69, 9.17) is 11.3 Å². The van der Waals surface area contributed by atoms with Crippen LogP contribution < -0.4 is 4.74 Å². The van der Waals surface area contributed by atoms with Gasteiger partial charge in [-0.25, -0.2) is 4.85 Å². The second kappa shape index (κ2) is 5.75. The quantitative estimate of drug-likeness (QED) is 0.764. The van der Waals surface area contributed by atoms with E-state index < -0.39 is 0 Å². The maximum absolute atomic E-state index is 7.30. The molecule has 1 heterocycles. The lowest BCUT2D eigenvalue weighted by Gasteiger charge is -2.20. The van der Waals surface area contributed by atoms with Gasteiger partial charge < -0.3 is 4.74 Å². The summed E-state index contributed by atoms with van der Waals surface area (Å²) in [6.07, 6.45) is 1.73. The summed E-state index contributed by atoms with van der Waals surface area (Å²) < 4.78 is 5.71. The number of rotatable bonds is 3. The third kappa shape index (κ3) is 3.36. The summed E-state index contributed by atoms with van der Waals surface area (Å²) in [6, 6.07) is 11.5. The predicted octanol–water partition coefficient (Wildman–Crippen LogP) is 4.51. The van der Waals surface area contributed by atoms with Crippen LogP contribution >= 0.6 is 0 Å². The predicted molar refractivity (Wildman–Crippen MR) is 80.0 cm³/mol. The van der Waals surface area contributed by atoms with E-state index in [1.54, 1.807) is 6.20 Å². The van der Waals surface area contributed by atoms with E-state index in [-0.39, 0.29) is 5.41 Å². The molecule has 1 aromatic carbocycles. The molecular weight excluding hydrogens is 248 g/mol. The zero-order chi connectivity index (χ0) is 14.6. The van der Waals surface area contributed by atoms with Crippen molar-refractivity contribution in [2.75, 3.05) is 0 Å². The van der Waals surface area contributed by atoms with Gasteiger partial charge in [0.1, 0.15) is 12.4 Å². The second-order valence-corrected chi connectivity index (χ2v) is 5.65. The monoisotopic (exact) mass is 266 g/mol. The molecule has 3 nitrogen and oxygen atoms in total. The molecule has 0 aliphatic rings. The van der Waals surface area contributed by atoms with Crippen molar-refractivity contribution in [3.8, 4) is 5.75 Å². The van der Waals surface area contributed by atoms with Crippen molar-refractivity contribution in [1.82, 2.24) is 4.98 Å². The van der Waals surface area contributed by atoms with Crippen LogP contribution in [0.4, 0.5) is 5.69 Å². The fourth-order valence-electron chi connectivity index (χ4n) is 1.83. The van der Waals surface area contributed by atoms with Gasteiger partial charge in [0.15, 0.2) is 0 Å². The van der Waals surface area contributed by atoms with Gasteiger partial charge in [-0.05, 0) is 29.7 Å². The summed E-state index contributed by atoms with van der Waals surface area (Å²) in [5.41, 5.74) is 2.56. The van der Waals surface area contributed by atoms with Crippen LogP contribution in [0.5, 0.6) is 5.75 Å². The molecule has 0 atom stereocenters. The highest BCUT2D eigenvalue weighted by molar-refractivity contribution is 5.59. The summed E-state index contributed by atoms with van der Waals surface area (Å²) in [5, 5.41) is 0. The first-order chi connectivity index (χ1) is 9.50. The zero-order valence-electron chi connectivity index (χ0n) is 12.1. The summed E-state index contributed by atoms with van der Waals surface area (Å²) in [5.74, 6) is 0.610. The molecule has 20 heavy (non-hydrogen) atoms. The van der Waals surface area contributed by atoms with Crippen LogP contribution in [-0.4, -0.2) is 4.98 Å². The lowest BCUT2D eigenvalue weighted by molar-refractivity contribution is 0.303. The Labute approximate surface area is 120 Å². The first kappa shape index (κ1) is 14.1. The number of hydrogen-bond acceptors (Lipinski definition) is 2. The highest BCUT2D eigenvalue weighted by Crippen LogP contribution is 2.33. The van der Waals surface area contributed by atoms with E-state index in [2.05, 4.69) is 30.6 Å². The van der Waals surface area contributed by atoms with Crippen LogP contribution in [0.15, 0.2) is 42.6 Å². The Morgan fingerprint density at radius 1 is 1.20 bits per heavy atom. The van der Waals surface area contributed by atoms with Gasteiger partial charge in [-0.15, -0.1) is 0 Å². The van der Waals surface area contributed by atoms with Crippen molar-refractivity contribution >= 4 is 5.69 Å². The molecule has 0 bridgehead atoms. The van der Waals surface area contributed by atoms with Crippen molar-refractivity contribution < 1.29 is 4.74 Å². The number of hydrogen-bond donors (Lipinski definition) is 0. The van der Waals surface area contributed by atoms with E-state index >= 15 is 0 Å². The molecule has 0 radical (unpaired) electrons. The van der Waals surface area contributed by atoms with Crippen LogP contribution in [0, 0.1) is 6.57 Å². The molecule has 0 aliphatic heterocycles. The first-order valence-corrected chi connectivity index (χ1v) is 6.55. The molecule has 1 aromatic heterocycles. The number of pyridine rings is 1. The second-order valence-electron chi connectivity index (χ2n) is 5.65. The molecule has 0 spiro atoms. The minimum Gasteiger partial charge on any atom is -0.498 e. The van der Waals surface area contributed by atoms with Crippen molar-refractivity contribution in [3.05, 3.63) is 65.3 Å². The SMILES string of the molecule is [C-]#[N+]c1cc(C(C)(C)C)ccc1OCc1ccccn1. The van der Waals surface area contributed by atoms with Crippen LogP contribution in [-0.2, 0) is 12.0 Å². The zero-order valence-corrected chi connectivity index (χ0v) is 12.1. The standard InChI is InChI=1S/C17H18N2O/c1-17(2,3)13-8-9-16(15(11-13)18-4)20-12-14-7-5-6-10-19-14/h5-11H,12H2,1-3H3. The molecule has 0 saturated heterocycles. The highest BCUT2D eigenvalue weighted by Gasteiger charge is 2.16. The van der Waals surface area contributed by atoms with Gasteiger partial charge in [-0.3, -0.25) is 4.98 Å². The minimum atomic E-state index is 0.0267. The lowest BCUT2D eigenvalue weighted by Crippen LogP contribution is -2.10. The fourth-order valence-corrected chi connectivity index (χ4v) is 1.83. The molecule has 0 N–H and O–H groups in total. The van der Waals surface area contributed by atoms with Crippen LogP contribution in [0.25, 0.3) is 4.85 Å². The van der Waals surface area contributed by atoms with E-state index in [1.807, 2.05) is 36.4 Å². The van der Waals surface area contributed by atoms with Crippen molar-refractivity contribution in [3.63, 3.8) is 0 Å². The van der Waals surface area contributed by atoms with Gasteiger partial charge in [0.25, 0.3) is 0 Å². The number of aromatic nitrogens is 1. The van der Waals surface area contributed by atoms with Crippen molar-refractivity contribution in [1.29, 1.82) is 0 Å². The molecule has 102 valence electrons. The number of ether oxygens (including phenoxy) is 1. The van der Waals surface area contributed by atoms with Gasteiger partial charge in [-0.2, -0.15) is 0 Å². The largest absolute Gasteiger partial charge is 0.498 e. The maximum atomic E-state index is 7.30. The van der Waals surface area contributed by atoms with Gasteiger partial charge in [0, 0.05) is 6.20 Å². The van der Waals surface area contributed by atoms with E-state index in [1.165, 1.54) is 0 Å². The minimum absolute atomic E-state index is 0.0267. The average molecular weight is 266 g/mol. The molecule has 3 heteroatoms. The normalized spacial score (nSPS) is 10.9. The smallest absolute Gasteiger partial charge is 0.228 e.